The molecule has 0 aromatic carbocycles. The molecule has 0 aliphatic carbocycles. The summed E-state index contributed by atoms with van der Waals surface area (Å²) in [6.07, 6.45) is 0. The Morgan fingerprint density at radius 2 is 2.05 bits per heavy atom. The van der Waals surface area contributed by atoms with Crippen LogP contribution in [0, 0.1) is 39.0 Å². The fraction of sp³-hybridized carbons (Fsp3) is 0.308. The molecule has 2 heterocycles. The Morgan fingerprint density at radius 1 is 1.35 bits per heavy atom. The summed E-state index contributed by atoms with van der Waals surface area (Å²) in [6, 6.07) is 2.09. The molecule has 0 aliphatic rings. The van der Waals surface area contributed by atoms with E-state index in [1.165, 1.54) is 11.3 Å². The Bertz CT molecular complexity index is 725. The van der Waals surface area contributed by atoms with Gasteiger partial charge >= 0.3 is 8.05 Å². The second-order valence-corrected chi connectivity index (χ2v) is 5.70. The number of rotatable bonds is 3. The van der Waals surface area contributed by atoms with Crippen LogP contribution >= 0.6 is 11.3 Å². The van der Waals surface area contributed by atoms with Gasteiger partial charge in [-0.1, -0.05) is 5.16 Å². The van der Waals surface area contributed by atoms with Crippen molar-refractivity contribution >= 4 is 30.7 Å². The average molecular weight is 285 g/mol. The molecule has 7 heteroatoms. The van der Waals surface area contributed by atoms with E-state index < -0.39 is 0 Å². The first-order valence-corrected chi connectivity index (χ1v) is 6.70. The van der Waals surface area contributed by atoms with Crippen LogP contribution in [0.1, 0.15) is 32.6 Å². The van der Waals surface area contributed by atoms with Gasteiger partial charge in [-0.05, 0) is 27.7 Å². The summed E-state index contributed by atoms with van der Waals surface area (Å²) < 4.78 is 10.1. The number of nitrogens with zero attached hydrogens (tertiary/aromatic N) is 3. The van der Waals surface area contributed by atoms with E-state index in [0.717, 1.165) is 21.1 Å². The monoisotopic (exact) mass is 285 g/mol. The van der Waals surface area contributed by atoms with E-state index in [4.69, 9.17) is 17.2 Å². The molecule has 2 aromatic heterocycles. The number of allylic oxidation sites excluding steroid dienone is 1. The highest BCUT2D eigenvalue weighted by atomic mass is 32.1. The van der Waals surface area contributed by atoms with Crippen molar-refractivity contribution in [3.8, 4) is 6.07 Å². The second-order valence-electron chi connectivity index (χ2n) is 4.29. The predicted molar refractivity (Wildman–Crippen MR) is 76.8 cm³/mol. The maximum atomic E-state index is 9.43. The quantitative estimate of drug-likeness (QED) is 0.492. The Labute approximate surface area is 122 Å². The van der Waals surface area contributed by atoms with Crippen LogP contribution in [0.15, 0.2) is 4.52 Å². The average Bonchev–Trinajstić information content (AvgIpc) is 2.91. The molecule has 0 bridgehead atoms. The number of nitriles is 1. The number of hydrogen-bond acceptors (Lipinski definition) is 6. The lowest BCUT2D eigenvalue weighted by atomic mass is 10.1. The minimum absolute atomic E-state index is 0.152. The fourth-order valence-corrected chi connectivity index (χ4v) is 2.65. The predicted octanol–water partition coefficient (Wildman–Crippen LogP) is 2.86. The van der Waals surface area contributed by atoms with E-state index in [0.29, 0.717) is 11.5 Å². The molecule has 2 rings (SSSR count). The van der Waals surface area contributed by atoms with E-state index >= 15 is 0 Å². The molecule has 0 amide bonds. The Kier molecular flexibility index (Phi) is 3.95. The molecule has 5 nitrogen and oxygen atoms in total. The molecule has 20 heavy (non-hydrogen) atoms. The first-order chi connectivity index (χ1) is 9.49. The zero-order chi connectivity index (χ0) is 14.9. The standard InChI is InChI=1S/C13H12BN3O2S/c1-6-7(2)17-19-12(6)13(18-14)10(5-15)11-8(3)20-9(4)16-11/h1-4H3. The van der Waals surface area contributed by atoms with Crippen molar-refractivity contribution in [3.63, 3.8) is 0 Å². The normalized spacial score (nSPS) is 11.9. The molecule has 2 aromatic rings. The van der Waals surface area contributed by atoms with Crippen LogP contribution in [0.4, 0.5) is 0 Å². The van der Waals surface area contributed by atoms with Crippen LogP contribution in [-0.4, -0.2) is 18.2 Å². The zero-order valence-corrected chi connectivity index (χ0v) is 12.5. The van der Waals surface area contributed by atoms with E-state index in [-0.39, 0.29) is 11.3 Å². The van der Waals surface area contributed by atoms with Gasteiger partial charge in [-0.3, -0.25) is 0 Å². The third kappa shape index (κ3) is 2.34. The van der Waals surface area contributed by atoms with Gasteiger partial charge in [0.25, 0.3) is 0 Å². The molecular formula is C13H12BN3O2S. The Hall–Kier alpha value is -2.07. The van der Waals surface area contributed by atoms with Crippen LogP contribution in [0.2, 0.25) is 0 Å². The number of hydrogen-bond donors (Lipinski definition) is 0. The highest BCUT2D eigenvalue weighted by Gasteiger charge is 2.22. The lowest BCUT2D eigenvalue weighted by Crippen LogP contribution is -1.97. The molecule has 0 N–H and O–H groups in total. The topological polar surface area (TPSA) is 71.9 Å². The van der Waals surface area contributed by atoms with Gasteiger partial charge in [0.2, 0.25) is 5.76 Å². The molecule has 0 fully saturated rings. The van der Waals surface area contributed by atoms with Crippen LogP contribution in [0.3, 0.4) is 0 Å². The van der Waals surface area contributed by atoms with Crippen LogP contribution in [-0.2, 0) is 4.65 Å². The maximum Gasteiger partial charge on any atom is 0.374 e. The number of thiazole rings is 1. The van der Waals surface area contributed by atoms with Gasteiger partial charge in [-0.15, -0.1) is 11.3 Å². The molecule has 2 radical (unpaired) electrons. The SMILES string of the molecule is [B]OC(=C(C#N)c1nc(C)sc1C)c1onc(C)c1C. The summed E-state index contributed by atoms with van der Waals surface area (Å²) in [5, 5.41) is 14.2. The molecule has 0 unspecified atom stereocenters. The first kappa shape index (κ1) is 14.3. The number of aryl methyl sites for hydroxylation is 3. The second kappa shape index (κ2) is 5.51. The van der Waals surface area contributed by atoms with Crippen molar-refractivity contribution in [2.45, 2.75) is 27.7 Å². The molecule has 0 saturated heterocycles. The zero-order valence-electron chi connectivity index (χ0n) is 11.6. The molecule has 100 valence electrons. The van der Waals surface area contributed by atoms with E-state index in [9.17, 15) is 5.26 Å². The molecule has 0 aliphatic heterocycles. The maximum absolute atomic E-state index is 9.43. The van der Waals surface area contributed by atoms with Gasteiger partial charge in [-0.2, -0.15) is 5.26 Å². The summed E-state index contributed by atoms with van der Waals surface area (Å²) in [6.45, 7) is 7.40. The van der Waals surface area contributed by atoms with Crippen molar-refractivity contribution in [2.75, 3.05) is 0 Å². The fourth-order valence-electron chi connectivity index (χ4n) is 1.83. The van der Waals surface area contributed by atoms with Gasteiger partial charge < -0.3 is 9.18 Å². The van der Waals surface area contributed by atoms with Crippen LogP contribution < -0.4 is 0 Å². The van der Waals surface area contributed by atoms with E-state index in [1.807, 2.05) is 20.8 Å². The van der Waals surface area contributed by atoms with Gasteiger partial charge in [0.05, 0.1) is 16.4 Å². The summed E-state index contributed by atoms with van der Waals surface area (Å²) in [5.74, 6) is 0.505. The number of aromatic nitrogens is 2. The minimum atomic E-state index is 0.152. The van der Waals surface area contributed by atoms with E-state index in [1.54, 1.807) is 6.92 Å². The summed E-state index contributed by atoms with van der Waals surface area (Å²) in [4.78, 5) is 5.27. The summed E-state index contributed by atoms with van der Waals surface area (Å²) in [7, 11) is 5.33. The van der Waals surface area contributed by atoms with Gasteiger partial charge in [0.1, 0.15) is 11.6 Å². The molecule has 0 atom stereocenters. The Morgan fingerprint density at radius 3 is 2.45 bits per heavy atom. The minimum Gasteiger partial charge on any atom is -0.564 e. The first-order valence-electron chi connectivity index (χ1n) is 5.88. The van der Waals surface area contributed by atoms with Crippen molar-refractivity contribution < 1.29 is 9.18 Å². The van der Waals surface area contributed by atoms with E-state index in [2.05, 4.69) is 16.2 Å². The summed E-state index contributed by atoms with van der Waals surface area (Å²) in [5.41, 5.74) is 2.30. The van der Waals surface area contributed by atoms with Crippen LogP contribution in [0.5, 0.6) is 0 Å². The van der Waals surface area contributed by atoms with Gasteiger partial charge in [0.15, 0.2) is 5.76 Å². The lowest BCUT2D eigenvalue weighted by Gasteiger charge is -2.07. The highest BCUT2D eigenvalue weighted by molar-refractivity contribution is 7.11. The molecular weight excluding hydrogens is 273 g/mol. The third-order valence-electron chi connectivity index (χ3n) is 2.96. The van der Waals surface area contributed by atoms with Crippen LogP contribution in [0.25, 0.3) is 11.3 Å². The van der Waals surface area contributed by atoms with Crippen molar-refractivity contribution in [2.24, 2.45) is 0 Å². The molecule has 0 saturated carbocycles. The smallest absolute Gasteiger partial charge is 0.374 e. The van der Waals surface area contributed by atoms with Crippen molar-refractivity contribution in [1.29, 1.82) is 5.26 Å². The largest absolute Gasteiger partial charge is 0.564 e. The van der Waals surface area contributed by atoms with Crippen molar-refractivity contribution in [1.82, 2.24) is 10.1 Å². The van der Waals surface area contributed by atoms with Crippen molar-refractivity contribution in [3.05, 3.63) is 32.6 Å². The third-order valence-corrected chi connectivity index (χ3v) is 3.85. The summed E-state index contributed by atoms with van der Waals surface area (Å²) >= 11 is 1.51. The van der Waals surface area contributed by atoms with Gasteiger partial charge in [-0.25, -0.2) is 4.98 Å². The lowest BCUT2D eigenvalue weighted by molar-refractivity contribution is 0.387. The highest BCUT2D eigenvalue weighted by Crippen LogP contribution is 2.32. The molecule has 0 spiro atoms. The van der Waals surface area contributed by atoms with Gasteiger partial charge in [0, 0.05) is 10.4 Å². The Balaban J connectivity index is 2.69.